The first kappa shape index (κ1) is 31.7. The van der Waals surface area contributed by atoms with Gasteiger partial charge in [0, 0.05) is 12.1 Å². The van der Waals surface area contributed by atoms with E-state index in [1.165, 1.54) is 17.0 Å². The van der Waals surface area contributed by atoms with Crippen molar-refractivity contribution in [3.8, 4) is 5.75 Å². The van der Waals surface area contributed by atoms with Gasteiger partial charge in [-0.3, -0.25) is 13.9 Å². The highest BCUT2D eigenvalue weighted by Gasteiger charge is 2.35. The van der Waals surface area contributed by atoms with Gasteiger partial charge in [-0.1, -0.05) is 67.1 Å². The maximum absolute atomic E-state index is 14.2. The molecule has 9 heteroatoms. The van der Waals surface area contributed by atoms with Crippen LogP contribution in [-0.4, -0.2) is 49.9 Å². The van der Waals surface area contributed by atoms with Crippen molar-refractivity contribution in [1.82, 2.24) is 10.2 Å². The molecular formula is C32H41N3O5S. The molecule has 3 aromatic carbocycles. The molecule has 3 aromatic rings. The third kappa shape index (κ3) is 8.33. The van der Waals surface area contributed by atoms with Crippen LogP contribution in [0.1, 0.15) is 52.2 Å². The zero-order valence-electron chi connectivity index (χ0n) is 24.8. The molecule has 0 aliphatic heterocycles. The molecule has 1 atom stereocenters. The van der Waals surface area contributed by atoms with Crippen molar-refractivity contribution in [1.29, 1.82) is 0 Å². The highest BCUT2D eigenvalue weighted by molar-refractivity contribution is 7.92. The lowest BCUT2D eigenvalue weighted by Crippen LogP contribution is -2.55. The maximum Gasteiger partial charge on any atom is 0.264 e. The number of hydrogen-bond donors (Lipinski definition) is 1. The van der Waals surface area contributed by atoms with E-state index in [4.69, 9.17) is 4.74 Å². The topological polar surface area (TPSA) is 96.0 Å². The van der Waals surface area contributed by atoms with E-state index >= 15 is 0 Å². The molecule has 0 spiro atoms. The Kier molecular flexibility index (Phi) is 10.6. The number of nitrogens with one attached hydrogen (secondary N) is 1. The smallest absolute Gasteiger partial charge is 0.264 e. The van der Waals surface area contributed by atoms with Gasteiger partial charge in [-0.2, -0.15) is 0 Å². The molecule has 0 aromatic heterocycles. The lowest BCUT2D eigenvalue weighted by atomic mass is 10.1. The number of para-hydroxylation sites is 2. The summed E-state index contributed by atoms with van der Waals surface area (Å²) in [7, 11) is -4.19. The summed E-state index contributed by atoms with van der Waals surface area (Å²) in [6.07, 6.45) is 0.348. The number of sulfonamides is 1. The van der Waals surface area contributed by atoms with E-state index in [1.54, 1.807) is 36.4 Å². The molecule has 220 valence electrons. The molecule has 2 amide bonds. The Bertz CT molecular complexity index is 1420. The molecule has 0 radical (unpaired) electrons. The Morgan fingerprint density at radius 2 is 1.51 bits per heavy atom. The number of nitrogens with zero attached hydrogens (tertiary/aromatic N) is 2. The van der Waals surface area contributed by atoms with Gasteiger partial charge >= 0.3 is 0 Å². The Balaban J connectivity index is 2.11. The molecule has 0 fully saturated rings. The van der Waals surface area contributed by atoms with Gasteiger partial charge in [0.05, 0.1) is 17.2 Å². The van der Waals surface area contributed by atoms with Crippen molar-refractivity contribution in [2.24, 2.45) is 0 Å². The fraction of sp³-hybridized carbons (Fsp3) is 0.375. The van der Waals surface area contributed by atoms with Gasteiger partial charge in [0.15, 0.2) is 0 Å². The predicted octanol–water partition coefficient (Wildman–Crippen LogP) is 5.31. The van der Waals surface area contributed by atoms with Crippen LogP contribution in [0.25, 0.3) is 0 Å². The number of anilines is 1. The maximum atomic E-state index is 14.2. The van der Waals surface area contributed by atoms with Gasteiger partial charge in [-0.25, -0.2) is 8.42 Å². The molecule has 0 saturated carbocycles. The van der Waals surface area contributed by atoms with Crippen LogP contribution in [0.15, 0.2) is 83.8 Å². The van der Waals surface area contributed by atoms with Gasteiger partial charge in [0.1, 0.15) is 18.3 Å². The molecule has 0 aliphatic rings. The number of carbonyl (C=O) groups is 2. The first-order valence-corrected chi connectivity index (χ1v) is 15.3. The fourth-order valence-electron chi connectivity index (χ4n) is 4.44. The molecule has 0 unspecified atom stereocenters. The Morgan fingerprint density at radius 3 is 2.10 bits per heavy atom. The highest BCUT2D eigenvalue weighted by atomic mass is 32.2. The van der Waals surface area contributed by atoms with E-state index in [0.29, 0.717) is 18.8 Å². The van der Waals surface area contributed by atoms with Crippen LogP contribution in [0.2, 0.25) is 0 Å². The summed E-state index contributed by atoms with van der Waals surface area (Å²) in [5.74, 6) is -0.468. The minimum Gasteiger partial charge on any atom is -0.492 e. The van der Waals surface area contributed by atoms with Crippen LogP contribution in [0.4, 0.5) is 5.69 Å². The molecule has 41 heavy (non-hydrogen) atoms. The average Bonchev–Trinajstić information content (AvgIpc) is 2.92. The minimum atomic E-state index is -4.19. The summed E-state index contributed by atoms with van der Waals surface area (Å²) in [6.45, 7) is 11.1. The van der Waals surface area contributed by atoms with E-state index < -0.39 is 34.1 Å². The Hall–Kier alpha value is -3.85. The first-order chi connectivity index (χ1) is 19.4. The van der Waals surface area contributed by atoms with Crippen molar-refractivity contribution in [2.45, 2.75) is 71.0 Å². The molecule has 0 aliphatic carbocycles. The first-order valence-electron chi connectivity index (χ1n) is 13.8. The number of benzene rings is 3. The van der Waals surface area contributed by atoms with Gasteiger partial charge < -0.3 is 15.0 Å². The van der Waals surface area contributed by atoms with Crippen LogP contribution in [0.5, 0.6) is 5.75 Å². The van der Waals surface area contributed by atoms with Crippen molar-refractivity contribution < 1.29 is 22.7 Å². The third-order valence-corrected chi connectivity index (χ3v) is 8.18. The summed E-state index contributed by atoms with van der Waals surface area (Å²) in [5.41, 5.74) is 1.47. The zero-order valence-corrected chi connectivity index (χ0v) is 25.6. The van der Waals surface area contributed by atoms with Crippen molar-refractivity contribution in [2.75, 3.05) is 17.5 Å². The van der Waals surface area contributed by atoms with E-state index in [1.807, 2.05) is 71.9 Å². The summed E-state index contributed by atoms with van der Waals surface area (Å²) >= 11 is 0. The highest BCUT2D eigenvalue weighted by Crippen LogP contribution is 2.33. The monoisotopic (exact) mass is 579 g/mol. The zero-order chi connectivity index (χ0) is 30.2. The largest absolute Gasteiger partial charge is 0.492 e. The number of rotatable bonds is 12. The van der Waals surface area contributed by atoms with E-state index in [-0.39, 0.29) is 23.0 Å². The number of amides is 2. The van der Waals surface area contributed by atoms with Crippen molar-refractivity contribution >= 4 is 27.5 Å². The van der Waals surface area contributed by atoms with E-state index in [0.717, 1.165) is 15.4 Å². The van der Waals surface area contributed by atoms with Crippen molar-refractivity contribution in [3.63, 3.8) is 0 Å². The SMILES string of the molecule is CCOc1ccccc1N(CC(=O)N(Cc1ccccc1)[C@H](CC)C(=O)NC(C)(C)C)S(=O)(=O)c1ccc(C)cc1. The Morgan fingerprint density at radius 1 is 0.902 bits per heavy atom. The van der Waals surface area contributed by atoms with Gasteiger partial charge in [0.25, 0.3) is 10.0 Å². The number of carbonyl (C=O) groups excluding carboxylic acids is 2. The van der Waals surface area contributed by atoms with Gasteiger partial charge in [-0.15, -0.1) is 0 Å². The molecular weight excluding hydrogens is 538 g/mol. The van der Waals surface area contributed by atoms with E-state index in [9.17, 15) is 18.0 Å². The second-order valence-corrected chi connectivity index (χ2v) is 12.8. The standard InChI is InChI=1S/C32H41N3O5S/c1-7-27(31(37)33-32(4,5)6)34(22-25-14-10-9-11-15-25)30(36)23-35(28-16-12-13-17-29(28)40-8-2)41(38,39)26-20-18-24(3)19-21-26/h9-21,27H,7-8,22-23H2,1-6H3,(H,33,37)/t27-/m1/s1. The van der Waals surface area contributed by atoms with E-state index in [2.05, 4.69) is 5.32 Å². The lowest BCUT2D eigenvalue weighted by Gasteiger charge is -2.35. The fourth-order valence-corrected chi connectivity index (χ4v) is 5.87. The van der Waals surface area contributed by atoms with Crippen molar-refractivity contribution in [3.05, 3.63) is 90.0 Å². The second kappa shape index (κ2) is 13.7. The molecule has 0 saturated heterocycles. The predicted molar refractivity (Wildman–Crippen MR) is 162 cm³/mol. The molecule has 0 heterocycles. The van der Waals surface area contributed by atoms with Crippen LogP contribution in [0.3, 0.4) is 0 Å². The second-order valence-electron chi connectivity index (χ2n) is 10.9. The van der Waals surface area contributed by atoms with Crippen LogP contribution < -0.4 is 14.4 Å². The van der Waals surface area contributed by atoms with Crippen LogP contribution in [-0.2, 0) is 26.2 Å². The average molecular weight is 580 g/mol. The number of aryl methyl sites for hydroxylation is 1. The quantitative estimate of drug-likeness (QED) is 0.314. The molecule has 8 nitrogen and oxygen atoms in total. The Labute approximate surface area is 244 Å². The normalized spacial score (nSPS) is 12.3. The summed E-state index contributed by atoms with van der Waals surface area (Å²) in [4.78, 5) is 29.1. The van der Waals surface area contributed by atoms with Gasteiger partial charge in [-0.05, 0) is 70.9 Å². The number of hydrogen-bond acceptors (Lipinski definition) is 5. The van der Waals surface area contributed by atoms with Crippen LogP contribution >= 0.6 is 0 Å². The summed E-state index contributed by atoms with van der Waals surface area (Å²) < 4.78 is 35.0. The summed E-state index contributed by atoms with van der Waals surface area (Å²) in [6, 6.07) is 21.8. The molecule has 3 rings (SSSR count). The van der Waals surface area contributed by atoms with Gasteiger partial charge in [0.2, 0.25) is 11.8 Å². The molecule has 0 bridgehead atoms. The summed E-state index contributed by atoms with van der Waals surface area (Å²) in [5, 5.41) is 2.98. The minimum absolute atomic E-state index is 0.0503. The third-order valence-electron chi connectivity index (χ3n) is 6.40. The van der Waals surface area contributed by atoms with Crippen LogP contribution in [0, 0.1) is 6.92 Å². The number of ether oxygens (including phenoxy) is 1. The lowest BCUT2D eigenvalue weighted by molar-refractivity contribution is -0.141. The molecule has 1 N–H and O–H groups in total.